The Kier molecular flexibility index (Phi) is 4.34. The molecule has 23 heavy (non-hydrogen) atoms. The molecular formula is C17H12BrN3O2. The zero-order chi connectivity index (χ0) is 16.2. The van der Waals surface area contributed by atoms with Gasteiger partial charge in [0.1, 0.15) is 5.69 Å². The summed E-state index contributed by atoms with van der Waals surface area (Å²) < 4.78 is 0.881. The van der Waals surface area contributed by atoms with Crippen molar-refractivity contribution >= 4 is 27.5 Å². The topological polar surface area (TPSA) is 74.8 Å². The van der Waals surface area contributed by atoms with Crippen molar-refractivity contribution in [2.45, 2.75) is 0 Å². The Balaban J connectivity index is 1.89. The number of carbonyl (C=O) groups is 1. The number of aromatic amines is 1. The number of aromatic nitrogens is 2. The minimum absolute atomic E-state index is 0.201. The molecule has 0 saturated heterocycles. The molecule has 0 aliphatic heterocycles. The van der Waals surface area contributed by atoms with Gasteiger partial charge in [0.05, 0.1) is 0 Å². The summed E-state index contributed by atoms with van der Waals surface area (Å²) in [5.41, 5.74) is 2.01. The highest BCUT2D eigenvalue weighted by molar-refractivity contribution is 9.10. The van der Waals surface area contributed by atoms with Crippen LogP contribution in [0.5, 0.6) is 0 Å². The van der Waals surface area contributed by atoms with Gasteiger partial charge in [-0.05, 0) is 48.0 Å². The van der Waals surface area contributed by atoms with Crippen molar-refractivity contribution in [3.8, 4) is 11.1 Å². The van der Waals surface area contributed by atoms with Crippen LogP contribution in [0, 0.1) is 0 Å². The molecular weight excluding hydrogens is 358 g/mol. The van der Waals surface area contributed by atoms with Crippen LogP contribution in [0.3, 0.4) is 0 Å². The highest BCUT2D eigenvalue weighted by Gasteiger charge is 2.10. The molecule has 0 spiro atoms. The monoisotopic (exact) mass is 369 g/mol. The second-order valence-corrected chi connectivity index (χ2v) is 5.74. The summed E-state index contributed by atoms with van der Waals surface area (Å²) in [5.74, 6) is -0.338. The molecule has 6 heteroatoms. The number of H-pyrrole nitrogens is 1. The molecule has 0 atom stereocenters. The molecule has 0 radical (unpaired) electrons. The average Bonchev–Trinajstić information content (AvgIpc) is 2.58. The molecule has 3 rings (SSSR count). The second-order valence-electron chi connectivity index (χ2n) is 4.83. The van der Waals surface area contributed by atoms with E-state index in [2.05, 4.69) is 31.2 Å². The van der Waals surface area contributed by atoms with Crippen LogP contribution < -0.4 is 10.9 Å². The van der Waals surface area contributed by atoms with E-state index in [9.17, 15) is 9.59 Å². The van der Waals surface area contributed by atoms with Gasteiger partial charge in [0.15, 0.2) is 0 Å². The first-order chi connectivity index (χ1) is 11.1. The first kappa shape index (κ1) is 15.2. The fourth-order valence-corrected chi connectivity index (χ4v) is 2.35. The number of halogens is 1. The lowest BCUT2D eigenvalue weighted by Gasteiger charge is -2.07. The SMILES string of the molecule is O=C(Nc1cc(-c2ccncc2)c[nH]c1=O)c1ccc(Br)cc1. The van der Waals surface area contributed by atoms with Gasteiger partial charge < -0.3 is 10.3 Å². The molecule has 2 aromatic heterocycles. The minimum Gasteiger partial charge on any atom is -0.327 e. The number of carbonyl (C=O) groups excluding carboxylic acids is 1. The van der Waals surface area contributed by atoms with Gasteiger partial charge in [0.25, 0.3) is 11.5 Å². The van der Waals surface area contributed by atoms with Gasteiger partial charge in [-0.25, -0.2) is 0 Å². The lowest BCUT2D eigenvalue weighted by atomic mass is 10.1. The molecule has 0 fully saturated rings. The van der Waals surface area contributed by atoms with Crippen LogP contribution in [-0.4, -0.2) is 15.9 Å². The van der Waals surface area contributed by atoms with Crippen molar-refractivity contribution in [2.24, 2.45) is 0 Å². The first-order valence-corrected chi connectivity index (χ1v) is 7.63. The average molecular weight is 370 g/mol. The lowest BCUT2D eigenvalue weighted by molar-refractivity contribution is 0.102. The van der Waals surface area contributed by atoms with Crippen LogP contribution in [0.4, 0.5) is 5.69 Å². The summed E-state index contributed by atoms with van der Waals surface area (Å²) >= 11 is 3.32. The summed E-state index contributed by atoms with van der Waals surface area (Å²) in [7, 11) is 0. The number of hydrogen-bond acceptors (Lipinski definition) is 3. The van der Waals surface area contributed by atoms with Crippen LogP contribution in [-0.2, 0) is 0 Å². The molecule has 114 valence electrons. The molecule has 1 amide bonds. The zero-order valence-electron chi connectivity index (χ0n) is 11.9. The van der Waals surface area contributed by atoms with Gasteiger partial charge in [0, 0.05) is 34.2 Å². The first-order valence-electron chi connectivity index (χ1n) is 6.83. The van der Waals surface area contributed by atoms with Crippen molar-refractivity contribution in [1.29, 1.82) is 0 Å². The third-order valence-electron chi connectivity index (χ3n) is 3.27. The number of amides is 1. The standard InChI is InChI=1S/C17H12BrN3O2/c18-14-3-1-12(2-4-14)16(22)21-15-9-13(10-20-17(15)23)11-5-7-19-8-6-11/h1-10H,(H,20,23)(H,21,22). The van der Waals surface area contributed by atoms with Crippen LogP contribution in [0.2, 0.25) is 0 Å². The Morgan fingerprint density at radius 1 is 1.04 bits per heavy atom. The van der Waals surface area contributed by atoms with Crippen molar-refractivity contribution in [3.05, 3.63) is 81.4 Å². The van der Waals surface area contributed by atoms with E-state index >= 15 is 0 Å². The molecule has 2 N–H and O–H groups in total. The van der Waals surface area contributed by atoms with E-state index in [-0.39, 0.29) is 17.2 Å². The van der Waals surface area contributed by atoms with Crippen LogP contribution in [0.1, 0.15) is 10.4 Å². The van der Waals surface area contributed by atoms with E-state index in [0.29, 0.717) is 5.56 Å². The Bertz CT molecular complexity index is 890. The summed E-state index contributed by atoms with van der Waals surface area (Å²) in [6.45, 7) is 0. The van der Waals surface area contributed by atoms with Gasteiger partial charge in [-0.1, -0.05) is 15.9 Å². The summed E-state index contributed by atoms with van der Waals surface area (Å²) in [6.07, 6.45) is 4.94. The largest absolute Gasteiger partial charge is 0.327 e. The fraction of sp³-hybridized carbons (Fsp3) is 0. The van der Waals surface area contributed by atoms with Crippen molar-refractivity contribution in [3.63, 3.8) is 0 Å². The zero-order valence-corrected chi connectivity index (χ0v) is 13.5. The van der Waals surface area contributed by atoms with Gasteiger partial charge in [-0.15, -0.1) is 0 Å². The molecule has 0 aliphatic carbocycles. The fourth-order valence-electron chi connectivity index (χ4n) is 2.08. The van der Waals surface area contributed by atoms with E-state index in [1.165, 1.54) is 0 Å². The summed E-state index contributed by atoms with van der Waals surface area (Å²) in [6, 6.07) is 12.2. The Hall–Kier alpha value is -2.73. The molecule has 5 nitrogen and oxygen atoms in total. The molecule has 3 aromatic rings. The molecule has 0 bridgehead atoms. The van der Waals surface area contributed by atoms with Gasteiger partial charge in [-0.2, -0.15) is 0 Å². The highest BCUT2D eigenvalue weighted by Crippen LogP contribution is 2.19. The number of nitrogens with zero attached hydrogens (tertiary/aromatic N) is 1. The Morgan fingerprint density at radius 3 is 2.43 bits per heavy atom. The van der Waals surface area contributed by atoms with E-state index in [4.69, 9.17) is 0 Å². The summed E-state index contributed by atoms with van der Waals surface area (Å²) in [5, 5.41) is 2.64. The minimum atomic E-state index is -0.353. The predicted molar refractivity (Wildman–Crippen MR) is 92.4 cm³/mol. The van der Waals surface area contributed by atoms with Crippen LogP contribution in [0.15, 0.2) is 70.3 Å². The number of anilines is 1. The van der Waals surface area contributed by atoms with E-state index in [1.54, 1.807) is 48.9 Å². The maximum Gasteiger partial charge on any atom is 0.271 e. The number of pyridine rings is 2. The predicted octanol–water partition coefficient (Wildman–Crippen LogP) is 3.45. The second kappa shape index (κ2) is 6.58. The lowest BCUT2D eigenvalue weighted by Crippen LogP contribution is -2.19. The summed E-state index contributed by atoms with van der Waals surface area (Å²) in [4.78, 5) is 30.8. The number of rotatable bonds is 3. The molecule has 0 saturated carbocycles. The smallest absolute Gasteiger partial charge is 0.271 e. The third-order valence-corrected chi connectivity index (χ3v) is 3.80. The highest BCUT2D eigenvalue weighted by atomic mass is 79.9. The number of benzene rings is 1. The van der Waals surface area contributed by atoms with Crippen molar-refractivity contribution in [2.75, 3.05) is 5.32 Å². The van der Waals surface area contributed by atoms with Crippen molar-refractivity contribution in [1.82, 2.24) is 9.97 Å². The molecule has 1 aromatic carbocycles. The number of nitrogens with one attached hydrogen (secondary N) is 2. The Morgan fingerprint density at radius 2 is 1.74 bits per heavy atom. The van der Waals surface area contributed by atoms with Gasteiger partial charge >= 0.3 is 0 Å². The normalized spacial score (nSPS) is 10.3. The van der Waals surface area contributed by atoms with E-state index < -0.39 is 0 Å². The van der Waals surface area contributed by atoms with Crippen molar-refractivity contribution < 1.29 is 4.79 Å². The molecule has 0 unspecified atom stereocenters. The Labute approximate surface area is 140 Å². The van der Waals surface area contributed by atoms with Gasteiger partial charge in [-0.3, -0.25) is 14.6 Å². The van der Waals surface area contributed by atoms with E-state index in [0.717, 1.165) is 15.6 Å². The maximum absolute atomic E-state index is 12.2. The van der Waals surface area contributed by atoms with Crippen LogP contribution >= 0.6 is 15.9 Å². The third kappa shape index (κ3) is 3.54. The quantitative estimate of drug-likeness (QED) is 0.742. The molecule has 2 heterocycles. The number of hydrogen-bond donors (Lipinski definition) is 2. The van der Waals surface area contributed by atoms with Gasteiger partial charge in [0.2, 0.25) is 0 Å². The van der Waals surface area contributed by atoms with Crippen LogP contribution in [0.25, 0.3) is 11.1 Å². The maximum atomic E-state index is 12.2. The van der Waals surface area contributed by atoms with E-state index in [1.807, 2.05) is 12.1 Å². The molecule has 0 aliphatic rings.